The Bertz CT molecular complexity index is 941. The fourth-order valence-electron chi connectivity index (χ4n) is 3.75. The Labute approximate surface area is 171 Å². The van der Waals surface area contributed by atoms with E-state index in [9.17, 15) is 5.11 Å². The highest BCUT2D eigenvalue weighted by Gasteiger charge is 2.18. The molecule has 1 aliphatic rings. The number of phenolic OH excluding ortho intramolecular Hbond substituents is 1. The van der Waals surface area contributed by atoms with E-state index in [1.54, 1.807) is 12.1 Å². The molecule has 1 aliphatic heterocycles. The highest BCUT2D eigenvalue weighted by Crippen LogP contribution is 2.35. The third-order valence-corrected chi connectivity index (χ3v) is 5.59. The molecule has 1 aromatic heterocycles. The van der Waals surface area contributed by atoms with Crippen molar-refractivity contribution in [1.29, 1.82) is 0 Å². The molecule has 2 heterocycles. The SMILES string of the molecule is CCC1CCN(CCOc2cc3ncnc(Oc4ccccc4)c3cc2O)CC1. The second-order valence-corrected chi connectivity index (χ2v) is 7.47. The molecule has 4 rings (SSSR count). The van der Waals surface area contributed by atoms with Crippen LogP contribution in [0.4, 0.5) is 0 Å². The summed E-state index contributed by atoms with van der Waals surface area (Å²) >= 11 is 0. The largest absolute Gasteiger partial charge is 0.504 e. The van der Waals surface area contributed by atoms with Gasteiger partial charge in [0.05, 0.1) is 10.9 Å². The lowest BCUT2D eigenvalue weighted by Gasteiger charge is -2.31. The van der Waals surface area contributed by atoms with Crippen molar-refractivity contribution in [2.75, 3.05) is 26.2 Å². The van der Waals surface area contributed by atoms with Gasteiger partial charge in [0.2, 0.25) is 5.88 Å². The molecule has 0 aliphatic carbocycles. The van der Waals surface area contributed by atoms with Crippen molar-refractivity contribution in [2.24, 2.45) is 5.92 Å². The monoisotopic (exact) mass is 393 g/mol. The molecule has 0 atom stereocenters. The van der Waals surface area contributed by atoms with Crippen LogP contribution in [-0.2, 0) is 0 Å². The zero-order valence-corrected chi connectivity index (χ0v) is 16.8. The predicted octanol–water partition coefficient (Wildman–Crippen LogP) is 4.63. The van der Waals surface area contributed by atoms with E-state index in [0.717, 1.165) is 25.6 Å². The Balaban J connectivity index is 1.42. The molecule has 1 N–H and O–H groups in total. The van der Waals surface area contributed by atoms with Crippen molar-refractivity contribution in [3.05, 3.63) is 48.8 Å². The fourth-order valence-corrected chi connectivity index (χ4v) is 3.75. The molecule has 0 radical (unpaired) electrons. The summed E-state index contributed by atoms with van der Waals surface area (Å²) in [6.07, 6.45) is 5.25. The van der Waals surface area contributed by atoms with Crippen LogP contribution in [0.15, 0.2) is 48.8 Å². The summed E-state index contributed by atoms with van der Waals surface area (Å²) in [7, 11) is 0. The number of fused-ring (bicyclic) bond motifs is 1. The molecule has 0 amide bonds. The number of para-hydroxylation sites is 1. The number of rotatable bonds is 7. The first-order valence-corrected chi connectivity index (χ1v) is 10.3. The minimum absolute atomic E-state index is 0.0647. The van der Waals surface area contributed by atoms with Gasteiger partial charge in [0, 0.05) is 12.6 Å². The van der Waals surface area contributed by atoms with Crippen molar-refractivity contribution in [3.63, 3.8) is 0 Å². The van der Waals surface area contributed by atoms with E-state index in [0.29, 0.717) is 34.9 Å². The number of nitrogens with zero attached hydrogens (tertiary/aromatic N) is 3. The first kappa shape index (κ1) is 19.5. The third kappa shape index (κ3) is 4.77. The van der Waals surface area contributed by atoms with E-state index in [1.807, 2.05) is 30.3 Å². The van der Waals surface area contributed by atoms with Crippen molar-refractivity contribution in [1.82, 2.24) is 14.9 Å². The molecule has 1 fully saturated rings. The zero-order valence-electron chi connectivity index (χ0n) is 16.8. The zero-order chi connectivity index (χ0) is 20.1. The summed E-state index contributed by atoms with van der Waals surface area (Å²) in [4.78, 5) is 11.0. The smallest absolute Gasteiger partial charge is 0.230 e. The van der Waals surface area contributed by atoms with Crippen LogP contribution < -0.4 is 9.47 Å². The van der Waals surface area contributed by atoms with Crippen LogP contribution in [0.3, 0.4) is 0 Å². The molecular weight excluding hydrogens is 366 g/mol. The van der Waals surface area contributed by atoms with Crippen LogP contribution in [0.1, 0.15) is 26.2 Å². The number of likely N-dealkylation sites (tertiary alicyclic amines) is 1. The number of aromatic hydroxyl groups is 1. The lowest BCUT2D eigenvalue weighted by Crippen LogP contribution is -2.36. The van der Waals surface area contributed by atoms with E-state index in [2.05, 4.69) is 21.8 Å². The van der Waals surface area contributed by atoms with Gasteiger partial charge in [-0.15, -0.1) is 0 Å². The van der Waals surface area contributed by atoms with Crippen LogP contribution in [0, 0.1) is 5.92 Å². The van der Waals surface area contributed by atoms with Crippen molar-refractivity contribution in [2.45, 2.75) is 26.2 Å². The van der Waals surface area contributed by atoms with E-state index in [-0.39, 0.29) is 5.75 Å². The molecule has 0 unspecified atom stereocenters. The number of hydrogen-bond acceptors (Lipinski definition) is 6. The second-order valence-electron chi connectivity index (χ2n) is 7.47. The molecule has 152 valence electrons. The van der Waals surface area contributed by atoms with E-state index in [1.165, 1.54) is 25.6 Å². The second kappa shape index (κ2) is 9.09. The molecule has 0 saturated carbocycles. The molecule has 0 spiro atoms. The quantitative estimate of drug-likeness (QED) is 0.631. The average molecular weight is 393 g/mol. The molecule has 29 heavy (non-hydrogen) atoms. The molecular formula is C23H27N3O3. The van der Waals surface area contributed by atoms with Gasteiger partial charge in [-0.05, 0) is 50.0 Å². The minimum Gasteiger partial charge on any atom is -0.504 e. The Kier molecular flexibility index (Phi) is 6.10. The van der Waals surface area contributed by atoms with Crippen LogP contribution in [-0.4, -0.2) is 46.2 Å². The highest BCUT2D eigenvalue weighted by atomic mass is 16.5. The number of phenols is 1. The lowest BCUT2D eigenvalue weighted by atomic mass is 9.94. The number of piperidine rings is 1. The normalized spacial score (nSPS) is 15.5. The van der Waals surface area contributed by atoms with Crippen molar-refractivity contribution < 1.29 is 14.6 Å². The molecule has 6 heteroatoms. The third-order valence-electron chi connectivity index (χ3n) is 5.59. The maximum Gasteiger partial charge on any atom is 0.230 e. The average Bonchev–Trinajstić information content (AvgIpc) is 2.76. The number of hydrogen-bond donors (Lipinski definition) is 1. The van der Waals surface area contributed by atoms with Crippen LogP contribution >= 0.6 is 0 Å². The van der Waals surface area contributed by atoms with Crippen molar-refractivity contribution >= 4 is 10.9 Å². The summed E-state index contributed by atoms with van der Waals surface area (Å²) in [5.41, 5.74) is 0.669. The van der Waals surface area contributed by atoms with Gasteiger partial charge in [-0.25, -0.2) is 9.97 Å². The number of aromatic nitrogens is 2. The van der Waals surface area contributed by atoms with Gasteiger partial charge in [0.15, 0.2) is 11.5 Å². The van der Waals surface area contributed by atoms with Crippen LogP contribution in [0.2, 0.25) is 0 Å². The molecule has 0 bridgehead atoms. The molecule has 3 aromatic rings. The summed E-state index contributed by atoms with van der Waals surface area (Å²) in [5.74, 6) is 2.45. The maximum absolute atomic E-state index is 10.5. The fraction of sp³-hybridized carbons (Fsp3) is 0.391. The Morgan fingerprint density at radius 2 is 1.90 bits per heavy atom. The maximum atomic E-state index is 10.5. The van der Waals surface area contributed by atoms with Gasteiger partial charge in [-0.1, -0.05) is 31.5 Å². The van der Waals surface area contributed by atoms with Gasteiger partial charge in [0.1, 0.15) is 18.7 Å². The van der Waals surface area contributed by atoms with E-state index >= 15 is 0 Å². The highest BCUT2D eigenvalue weighted by molar-refractivity contribution is 5.86. The van der Waals surface area contributed by atoms with Gasteiger partial charge >= 0.3 is 0 Å². The standard InChI is InChI=1S/C23H27N3O3/c1-2-17-8-10-26(11-9-17)12-13-28-22-15-20-19(14-21(22)27)23(25-16-24-20)29-18-6-4-3-5-7-18/h3-7,14-17,27H,2,8-13H2,1H3. The lowest BCUT2D eigenvalue weighted by molar-refractivity contribution is 0.152. The first-order valence-electron chi connectivity index (χ1n) is 10.3. The van der Waals surface area contributed by atoms with E-state index in [4.69, 9.17) is 9.47 Å². The van der Waals surface area contributed by atoms with E-state index < -0.39 is 0 Å². The topological polar surface area (TPSA) is 67.7 Å². The van der Waals surface area contributed by atoms with Gasteiger partial charge in [-0.3, -0.25) is 4.90 Å². The summed E-state index contributed by atoms with van der Waals surface area (Å²) in [6, 6.07) is 12.8. The summed E-state index contributed by atoms with van der Waals surface area (Å²) in [5, 5.41) is 11.1. The number of benzene rings is 2. The van der Waals surface area contributed by atoms with Crippen LogP contribution in [0.5, 0.6) is 23.1 Å². The minimum atomic E-state index is 0.0647. The molecule has 6 nitrogen and oxygen atoms in total. The molecule has 1 saturated heterocycles. The first-order chi connectivity index (χ1) is 14.2. The van der Waals surface area contributed by atoms with Gasteiger partial charge in [0.25, 0.3) is 0 Å². The Morgan fingerprint density at radius 3 is 2.66 bits per heavy atom. The summed E-state index contributed by atoms with van der Waals surface area (Å²) < 4.78 is 11.7. The van der Waals surface area contributed by atoms with Gasteiger partial charge in [-0.2, -0.15) is 0 Å². The van der Waals surface area contributed by atoms with Crippen molar-refractivity contribution in [3.8, 4) is 23.1 Å². The predicted molar refractivity (Wildman–Crippen MR) is 113 cm³/mol. The Morgan fingerprint density at radius 1 is 1.10 bits per heavy atom. The van der Waals surface area contributed by atoms with Crippen LogP contribution in [0.25, 0.3) is 10.9 Å². The van der Waals surface area contributed by atoms with Gasteiger partial charge < -0.3 is 14.6 Å². The number of ether oxygens (including phenoxy) is 2. The summed E-state index contributed by atoms with van der Waals surface area (Å²) in [6.45, 7) is 5.91. The molecule has 2 aromatic carbocycles. The Hall–Kier alpha value is -2.86.